The number of sulfonamides is 1. The molecule has 3 aromatic carbocycles. The van der Waals surface area contributed by atoms with E-state index in [1.165, 1.54) is 39.9 Å². The number of fused-ring (bicyclic) bond motifs is 1. The van der Waals surface area contributed by atoms with Gasteiger partial charge in [0.25, 0.3) is 0 Å². The summed E-state index contributed by atoms with van der Waals surface area (Å²) in [5, 5.41) is 10.3. The van der Waals surface area contributed by atoms with Crippen molar-refractivity contribution in [3.05, 3.63) is 82.8 Å². The van der Waals surface area contributed by atoms with Crippen LogP contribution in [0.25, 0.3) is 10.8 Å². The lowest BCUT2D eigenvalue weighted by Gasteiger charge is -2.24. The lowest BCUT2D eigenvalue weighted by molar-refractivity contribution is 0.240. The molecule has 0 radical (unpaired) electrons. The Morgan fingerprint density at radius 1 is 1.11 bits per heavy atom. The van der Waals surface area contributed by atoms with Gasteiger partial charge in [0.15, 0.2) is 5.13 Å². The van der Waals surface area contributed by atoms with Crippen LogP contribution in [-0.4, -0.2) is 36.4 Å². The van der Waals surface area contributed by atoms with Crippen LogP contribution >= 0.6 is 22.9 Å². The molecule has 1 fully saturated rings. The number of nitrogens with zero attached hydrogens (tertiary/aromatic N) is 2. The molecule has 1 aliphatic rings. The fraction of sp³-hybridized carbons (Fsp3) is 0.200. The first kappa shape index (κ1) is 24.5. The number of hydrogen-bond donors (Lipinski definition) is 2. The summed E-state index contributed by atoms with van der Waals surface area (Å²) >= 11 is 7.15. The number of halogens is 1. The molecule has 4 aromatic rings. The molecule has 11 heteroatoms. The van der Waals surface area contributed by atoms with Crippen LogP contribution < -0.4 is 15.4 Å². The van der Waals surface area contributed by atoms with Crippen LogP contribution in [0.1, 0.15) is 18.5 Å². The molecule has 2 heterocycles. The number of amides is 2. The molecule has 36 heavy (non-hydrogen) atoms. The Morgan fingerprint density at radius 2 is 1.89 bits per heavy atom. The van der Waals surface area contributed by atoms with Crippen molar-refractivity contribution >= 4 is 54.9 Å². The second-order valence-electron chi connectivity index (χ2n) is 8.27. The summed E-state index contributed by atoms with van der Waals surface area (Å²) in [6.07, 6.45) is 0.509. The fourth-order valence-corrected chi connectivity index (χ4v) is 6.47. The Bertz CT molecular complexity index is 1490. The zero-order valence-electron chi connectivity index (χ0n) is 19.1. The van der Waals surface area contributed by atoms with E-state index in [-0.39, 0.29) is 11.5 Å². The third-order valence-electron chi connectivity index (χ3n) is 5.80. The normalized spacial score (nSPS) is 16.2. The molecule has 2 N–H and O–H groups in total. The maximum absolute atomic E-state index is 13.0. The third-order valence-corrected chi connectivity index (χ3v) is 8.78. The molecular formula is C25H23ClN4O4S2. The van der Waals surface area contributed by atoms with E-state index < -0.39 is 22.2 Å². The molecule has 2 amide bonds. The van der Waals surface area contributed by atoms with E-state index in [4.69, 9.17) is 16.3 Å². The van der Waals surface area contributed by atoms with Crippen LogP contribution in [0.3, 0.4) is 0 Å². The zero-order chi connectivity index (χ0) is 25.1. The lowest BCUT2D eigenvalue weighted by Crippen LogP contribution is -2.48. The number of carbonyl (C=O) groups excluding carboxylic acids is 1. The molecule has 1 unspecified atom stereocenters. The number of urea groups is 1. The predicted molar refractivity (Wildman–Crippen MR) is 141 cm³/mol. The van der Waals surface area contributed by atoms with E-state index in [0.717, 1.165) is 16.5 Å². The summed E-state index contributed by atoms with van der Waals surface area (Å²) in [7, 11) is -3.76. The Balaban J connectivity index is 1.17. The first-order valence-electron chi connectivity index (χ1n) is 11.3. The summed E-state index contributed by atoms with van der Waals surface area (Å²) in [4.78, 5) is 17.1. The van der Waals surface area contributed by atoms with Crippen molar-refractivity contribution in [2.24, 2.45) is 0 Å². The van der Waals surface area contributed by atoms with Gasteiger partial charge in [0.2, 0.25) is 10.0 Å². The smallest absolute Gasteiger partial charge is 0.322 e. The quantitative estimate of drug-likeness (QED) is 0.323. The van der Waals surface area contributed by atoms with Gasteiger partial charge in [0.05, 0.1) is 16.8 Å². The van der Waals surface area contributed by atoms with Gasteiger partial charge in [-0.1, -0.05) is 41.9 Å². The minimum atomic E-state index is -3.76. The predicted octanol–water partition coefficient (Wildman–Crippen LogP) is 5.46. The van der Waals surface area contributed by atoms with Gasteiger partial charge in [-0.15, -0.1) is 11.3 Å². The molecule has 0 saturated carbocycles. The van der Waals surface area contributed by atoms with Crippen molar-refractivity contribution in [3.63, 3.8) is 0 Å². The van der Waals surface area contributed by atoms with Crippen molar-refractivity contribution in [3.8, 4) is 5.75 Å². The van der Waals surface area contributed by atoms with Crippen molar-refractivity contribution in [2.45, 2.75) is 30.5 Å². The van der Waals surface area contributed by atoms with Crippen LogP contribution in [0.4, 0.5) is 9.93 Å². The molecule has 0 aliphatic carbocycles. The first-order valence-corrected chi connectivity index (χ1v) is 14.0. The van der Waals surface area contributed by atoms with Gasteiger partial charge in [0, 0.05) is 16.9 Å². The van der Waals surface area contributed by atoms with Gasteiger partial charge in [-0.3, -0.25) is 5.32 Å². The summed E-state index contributed by atoms with van der Waals surface area (Å²) in [6, 6.07) is 19.4. The van der Waals surface area contributed by atoms with E-state index in [1.54, 1.807) is 0 Å². The average Bonchev–Trinajstić information content (AvgIpc) is 3.52. The van der Waals surface area contributed by atoms with E-state index in [0.29, 0.717) is 35.2 Å². The molecule has 0 spiro atoms. The minimum Gasteiger partial charge on any atom is -0.487 e. The second kappa shape index (κ2) is 10.4. The molecule has 0 bridgehead atoms. The summed E-state index contributed by atoms with van der Waals surface area (Å²) in [6.45, 7) is 0.581. The lowest BCUT2D eigenvalue weighted by atomic mass is 10.1. The van der Waals surface area contributed by atoms with Crippen molar-refractivity contribution in [1.29, 1.82) is 0 Å². The second-order valence-corrected chi connectivity index (χ2v) is 11.5. The number of hydrogen-bond acceptors (Lipinski definition) is 6. The number of nitrogens with one attached hydrogen (secondary N) is 2. The number of thiazole rings is 1. The highest BCUT2D eigenvalue weighted by molar-refractivity contribution is 7.89. The van der Waals surface area contributed by atoms with Gasteiger partial charge >= 0.3 is 6.03 Å². The van der Waals surface area contributed by atoms with Gasteiger partial charge in [-0.05, 0) is 60.0 Å². The highest BCUT2D eigenvalue weighted by atomic mass is 35.5. The Hall–Kier alpha value is -3.18. The Kier molecular flexibility index (Phi) is 7.10. The molecule has 1 aromatic heterocycles. The van der Waals surface area contributed by atoms with Crippen LogP contribution in [0.2, 0.25) is 5.02 Å². The summed E-state index contributed by atoms with van der Waals surface area (Å²) in [5.41, 5.74) is 0.677. The Morgan fingerprint density at radius 3 is 2.69 bits per heavy atom. The van der Waals surface area contributed by atoms with Crippen LogP contribution in [0.15, 0.2) is 77.0 Å². The SMILES string of the molecule is O=C(Nc1nc(COc2ccc3ccccc3c2)cs1)NC1CCCN1S(=O)(=O)c1ccc(Cl)cc1. The minimum absolute atomic E-state index is 0.136. The van der Waals surface area contributed by atoms with Gasteiger partial charge in [-0.2, -0.15) is 4.31 Å². The number of aromatic nitrogens is 1. The first-order chi connectivity index (χ1) is 17.4. The average molecular weight is 543 g/mol. The molecule has 186 valence electrons. The maximum atomic E-state index is 13.0. The summed E-state index contributed by atoms with van der Waals surface area (Å²) in [5.74, 6) is 0.733. The van der Waals surface area contributed by atoms with E-state index >= 15 is 0 Å². The molecular weight excluding hydrogens is 520 g/mol. The van der Waals surface area contributed by atoms with Crippen molar-refractivity contribution in [1.82, 2.24) is 14.6 Å². The van der Waals surface area contributed by atoms with E-state index in [9.17, 15) is 13.2 Å². The van der Waals surface area contributed by atoms with E-state index in [1.807, 2.05) is 47.8 Å². The van der Waals surface area contributed by atoms with Crippen molar-refractivity contribution in [2.75, 3.05) is 11.9 Å². The maximum Gasteiger partial charge on any atom is 0.322 e. The highest BCUT2D eigenvalue weighted by Crippen LogP contribution is 2.26. The van der Waals surface area contributed by atoms with E-state index in [2.05, 4.69) is 15.6 Å². The molecule has 8 nitrogen and oxygen atoms in total. The number of benzene rings is 3. The number of carbonyl (C=O) groups is 1. The summed E-state index contributed by atoms with van der Waals surface area (Å²) < 4.78 is 33.3. The molecule has 1 aliphatic heterocycles. The fourth-order valence-electron chi connectivity index (χ4n) is 4.04. The molecule has 1 saturated heterocycles. The standard InChI is InChI=1S/C25H23ClN4O4S2/c26-19-8-11-22(12-9-19)36(32,33)30-13-3-6-23(30)28-24(31)29-25-27-20(16-35-25)15-34-21-10-7-17-4-1-2-5-18(17)14-21/h1-2,4-5,7-12,14,16,23H,3,6,13,15H2,(H2,27,28,29,31). The monoisotopic (exact) mass is 542 g/mol. The van der Waals surface area contributed by atoms with Crippen molar-refractivity contribution < 1.29 is 17.9 Å². The topological polar surface area (TPSA) is 101 Å². The Labute approximate surface area is 217 Å². The van der Waals surface area contributed by atoms with Crippen LogP contribution in [0.5, 0.6) is 5.75 Å². The van der Waals surface area contributed by atoms with Gasteiger partial charge in [0.1, 0.15) is 12.4 Å². The zero-order valence-corrected chi connectivity index (χ0v) is 21.4. The van der Waals surface area contributed by atoms with Gasteiger partial charge < -0.3 is 10.1 Å². The number of anilines is 1. The van der Waals surface area contributed by atoms with Crippen LogP contribution in [-0.2, 0) is 16.6 Å². The molecule has 1 atom stereocenters. The number of rotatable bonds is 7. The third kappa shape index (κ3) is 5.46. The largest absolute Gasteiger partial charge is 0.487 e. The molecule has 5 rings (SSSR count). The van der Waals surface area contributed by atoms with Crippen LogP contribution in [0, 0.1) is 0 Å². The van der Waals surface area contributed by atoms with Gasteiger partial charge in [-0.25, -0.2) is 18.2 Å². The number of ether oxygens (including phenoxy) is 1. The highest BCUT2D eigenvalue weighted by Gasteiger charge is 2.36.